The molecule has 0 saturated heterocycles. The van der Waals surface area contributed by atoms with Gasteiger partial charge in [-0.05, 0) is 12.8 Å². The van der Waals surface area contributed by atoms with Crippen molar-refractivity contribution in [1.82, 2.24) is 0 Å². The average Bonchev–Trinajstić information content (AvgIpc) is 2.89. The standard InChI is InChI=1S/C35H72N2O4.2ClH/c1-7-9-11-13-15-17-19-21-23-25-30-40-34(38)32-36(3,4)28-27-29-37(5,6)33-35(39)41-31-26-24-22-20-18-16-14-12-10-8-2;;/h7-33H2,1-6H3;2*1H/q+2;;/p-2. The Kier molecular flexibility index (Phi) is 34.2. The largest absolute Gasteiger partial charge is 1.00 e. The highest BCUT2D eigenvalue weighted by molar-refractivity contribution is 5.70. The van der Waals surface area contributed by atoms with Crippen molar-refractivity contribution in [2.45, 2.75) is 149 Å². The molecule has 0 aliphatic rings. The Balaban J connectivity index is -0.00000800. The lowest BCUT2D eigenvalue weighted by molar-refractivity contribution is -0.902. The number of esters is 2. The summed E-state index contributed by atoms with van der Waals surface area (Å²) < 4.78 is 12.3. The third-order valence-corrected chi connectivity index (χ3v) is 8.16. The molecular weight excluding hydrogens is 583 g/mol. The molecule has 0 fully saturated rings. The number of unbranched alkanes of at least 4 members (excludes halogenated alkanes) is 18. The summed E-state index contributed by atoms with van der Waals surface area (Å²) in [6, 6.07) is 0. The molecule has 0 rings (SSSR count). The minimum absolute atomic E-state index is 0. The van der Waals surface area contributed by atoms with E-state index >= 15 is 0 Å². The number of halogens is 2. The van der Waals surface area contributed by atoms with Crippen LogP contribution >= 0.6 is 0 Å². The molecular formula is C35H72Cl2N2O4. The lowest BCUT2D eigenvalue weighted by Crippen LogP contribution is -3.00. The molecule has 0 aromatic heterocycles. The third kappa shape index (κ3) is 34.2. The van der Waals surface area contributed by atoms with Gasteiger partial charge in [-0.15, -0.1) is 0 Å². The summed E-state index contributed by atoms with van der Waals surface area (Å²) in [5.41, 5.74) is 0. The van der Waals surface area contributed by atoms with Crippen LogP contribution in [0.3, 0.4) is 0 Å². The first-order valence-corrected chi connectivity index (χ1v) is 17.6. The van der Waals surface area contributed by atoms with Crippen molar-refractivity contribution < 1.29 is 52.8 Å². The summed E-state index contributed by atoms with van der Waals surface area (Å²) in [5, 5.41) is 0. The maximum absolute atomic E-state index is 12.4. The summed E-state index contributed by atoms with van der Waals surface area (Å²) in [5.74, 6) is -0.203. The Morgan fingerprint density at radius 3 is 0.953 bits per heavy atom. The van der Waals surface area contributed by atoms with Crippen molar-refractivity contribution in [3.05, 3.63) is 0 Å². The predicted molar refractivity (Wildman–Crippen MR) is 174 cm³/mol. The van der Waals surface area contributed by atoms with E-state index in [1.807, 2.05) is 0 Å². The molecule has 0 aliphatic carbocycles. The van der Waals surface area contributed by atoms with Crippen molar-refractivity contribution in [1.29, 1.82) is 0 Å². The number of hydrogen-bond donors (Lipinski definition) is 0. The third-order valence-electron chi connectivity index (χ3n) is 8.16. The van der Waals surface area contributed by atoms with Crippen LogP contribution in [0.25, 0.3) is 0 Å². The molecule has 0 radical (unpaired) electrons. The summed E-state index contributed by atoms with van der Waals surface area (Å²) in [6.45, 7) is 8.15. The Labute approximate surface area is 280 Å². The topological polar surface area (TPSA) is 52.6 Å². The Hall–Kier alpha value is -0.560. The van der Waals surface area contributed by atoms with E-state index in [0.717, 1.165) is 45.2 Å². The molecule has 0 bridgehead atoms. The highest BCUT2D eigenvalue weighted by Gasteiger charge is 2.25. The maximum Gasteiger partial charge on any atom is 0.361 e. The minimum Gasteiger partial charge on any atom is -1.00 e. The van der Waals surface area contributed by atoms with Crippen molar-refractivity contribution in [3.8, 4) is 0 Å². The fraction of sp³-hybridized carbons (Fsp3) is 0.943. The molecule has 0 aromatic rings. The summed E-state index contributed by atoms with van der Waals surface area (Å²) in [7, 11) is 8.34. The number of likely N-dealkylation sites (N-methyl/N-ethyl adjacent to an activating group) is 2. The van der Waals surface area contributed by atoms with E-state index in [0.29, 0.717) is 35.3 Å². The van der Waals surface area contributed by atoms with E-state index in [9.17, 15) is 9.59 Å². The molecule has 0 spiro atoms. The predicted octanol–water partition coefficient (Wildman–Crippen LogP) is 2.47. The minimum atomic E-state index is -0.102. The fourth-order valence-corrected chi connectivity index (χ4v) is 5.43. The van der Waals surface area contributed by atoms with Crippen LogP contribution < -0.4 is 24.8 Å². The molecule has 0 atom stereocenters. The Morgan fingerprint density at radius 2 is 0.674 bits per heavy atom. The van der Waals surface area contributed by atoms with E-state index in [1.165, 1.54) is 103 Å². The maximum atomic E-state index is 12.4. The van der Waals surface area contributed by atoms with Gasteiger partial charge < -0.3 is 43.3 Å². The highest BCUT2D eigenvalue weighted by Crippen LogP contribution is 2.12. The Bertz CT molecular complexity index is 581. The fourth-order valence-electron chi connectivity index (χ4n) is 5.43. The molecule has 6 nitrogen and oxygen atoms in total. The van der Waals surface area contributed by atoms with Gasteiger partial charge in [0.25, 0.3) is 0 Å². The first-order chi connectivity index (χ1) is 19.6. The number of nitrogens with zero attached hydrogens (tertiary/aromatic N) is 2. The molecule has 43 heavy (non-hydrogen) atoms. The smallest absolute Gasteiger partial charge is 0.361 e. The number of carbonyl (C=O) groups excluding carboxylic acids is 2. The van der Waals surface area contributed by atoms with Gasteiger partial charge in [0.05, 0.1) is 54.5 Å². The quantitative estimate of drug-likeness (QED) is 0.0679. The van der Waals surface area contributed by atoms with E-state index in [4.69, 9.17) is 9.47 Å². The van der Waals surface area contributed by atoms with Gasteiger partial charge in [0.1, 0.15) is 0 Å². The van der Waals surface area contributed by atoms with Crippen LogP contribution in [-0.4, -0.2) is 88.5 Å². The first-order valence-electron chi connectivity index (χ1n) is 17.6. The number of hydrogen-bond acceptors (Lipinski definition) is 4. The van der Waals surface area contributed by atoms with E-state index in [1.54, 1.807) is 0 Å². The lowest BCUT2D eigenvalue weighted by atomic mass is 10.1. The van der Waals surface area contributed by atoms with Crippen LogP contribution in [0.5, 0.6) is 0 Å². The second-order valence-corrected chi connectivity index (χ2v) is 13.8. The number of quaternary nitrogens is 2. The van der Waals surface area contributed by atoms with Gasteiger partial charge in [0, 0.05) is 6.42 Å². The van der Waals surface area contributed by atoms with Gasteiger partial charge in [0.15, 0.2) is 13.1 Å². The molecule has 260 valence electrons. The first kappa shape index (κ1) is 46.9. The van der Waals surface area contributed by atoms with Gasteiger partial charge in [-0.1, -0.05) is 129 Å². The van der Waals surface area contributed by atoms with Crippen LogP contribution in [0.2, 0.25) is 0 Å². The van der Waals surface area contributed by atoms with Crippen LogP contribution in [0.1, 0.15) is 149 Å². The van der Waals surface area contributed by atoms with E-state index in [-0.39, 0.29) is 36.8 Å². The SMILES string of the molecule is CCCCCCCCCCCCOC(=O)C[N+](C)(C)CCC[N+](C)(C)CC(=O)OCCCCCCCCCCCC.[Cl-].[Cl-]. The van der Waals surface area contributed by atoms with Crippen LogP contribution in [0.4, 0.5) is 0 Å². The normalized spacial score (nSPS) is 11.5. The molecule has 0 heterocycles. The van der Waals surface area contributed by atoms with E-state index < -0.39 is 0 Å². The number of rotatable bonds is 30. The number of ether oxygens (including phenoxy) is 2. The number of carbonyl (C=O) groups is 2. The molecule has 0 N–H and O–H groups in total. The van der Waals surface area contributed by atoms with Crippen LogP contribution in [-0.2, 0) is 19.1 Å². The Morgan fingerprint density at radius 1 is 0.419 bits per heavy atom. The van der Waals surface area contributed by atoms with E-state index in [2.05, 4.69) is 42.0 Å². The molecule has 8 heteroatoms. The zero-order valence-electron chi connectivity index (χ0n) is 29.4. The van der Waals surface area contributed by atoms with Gasteiger partial charge in [-0.3, -0.25) is 0 Å². The van der Waals surface area contributed by atoms with Gasteiger partial charge in [-0.2, -0.15) is 0 Å². The average molecular weight is 656 g/mol. The monoisotopic (exact) mass is 654 g/mol. The van der Waals surface area contributed by atoms with Crippen LogP contribution in [0.15, 0.2) is 0 Å². The van der Waals surface area contributed by atoms with Gasteiger partial charge in [-0.25, -0.2) is 9.59 Å². The molecule has 0 aromatic carbocycles. The van der Waals surface area contributed by atoms with Crippen molar-refractivity contribution in [2.75, 3.05) is 67.6 Å². The second-order valence-electron chi connectivity index (χ2n) is 13.8. The van der Waals surface area contributed by atoms with Crippen molar-refractivity contribution in [3.63, 3.8) is 0 Å². The highest BCUT2D eigenvalue weighted by atomic mass is 35.5. The molecule has 0 saturated carbocycles. The molecule has 0 unspecified atom stereocenters. The summed E-state index contributed by atoms with van der Waals surface area (Å²) in [4.78, 5) is 24.7. The van der Waals surface area contributed by atoms with Crippen molar-refractivity contribution >= 4 is 11.9 Å². The zero-order chi connectivity index (χ0) is 30.7. The second kappa shape index (κ2) is 31.4. The van der Waals surface area contributed by atoms with Crippen LogP contribution in [0, 0.1) is 0 Å². The van der Waals surface area contributed by atoms with Gasteiger partial charge in [0.2, 0.25) is 0 Å². The summed E-state index contributed by atoms with van der Waals surface area (Å²) >= 11 is 0. The molecule has 0 amide bonds. The molecule has 0 aliphatic heterocycles. The van der Waals surface area contributed by atoms with Gasteiger partial charge >= 0.3 is 11.9 Å². The zero-order valence-corrected chi connectivity index (χ0v) is 30.9. The van der Waals surface area contributed by atoms with Crippen molar-refractivity contribution in [2.24, 2.45) is 0 Å². The summed E-state index contributed by atoms with van der Waals surface area (Å²) in [6.07, 6.45) is 26.5. The lowest BCUT2D eigenvalue weighted by Gasteiger charge is -2.32.